The molecule has 1 N–H and O–H groups in total. The number of rotatable bonds is 5. The normalized spacial score (nSPS) is 11.4. The smallest absolute Gasteiger partial charge is 0.261 e. The Balaban J connectivity index is 1.63. The molecule has 3 rings (SSSR count). The van der Waals surface area contributed by atoms with Crippen LogP contribution in [0.4, 0.5) is 0 Å². The zero-order valence-electron chi connectivity index (χ0n) is 12.1. The van der Waals surface area contributed by atoms with Crippen molar-refractivity contribution in [3.63, 3.8) is 0 Å². The molecule has 3 nitrogen and oxygen atoms in total. The SMILES string of the molecule is CC(C)n1cc2cc(C(=O)NCCc3cccs3)sc2c1. The molecule has 0 radical (unpaired) electrons. The maximum atomic E-state index is 12.2. The summed E-state index contributed by atoms with van der Waals surface area (Å²) in [5.41, 5.74) is 0. The Morgan fingerprint density at radius 2 is 2.24 bits per heavy atom. The van der Waals surface area contributed by atoms with Gasteiger partial charge in [0.2, 0.25) is 0 Å². The quantitative estimate of drug-likeness (QED) is 0.747. The molecule has 1 amide bonds. The van der Waals surface area contributed by atoms with Gasteiger partial charge in [0.1, 0.15) is 0 Å². The number of aromatic nitrogens is 1. The van der Waals surface area contributed by atoms with Gasteiger partial charge in [0.25, 0.3) is 5.91 Å². The largest absolute Gasteiger partial charge is 0.351 e. The van der Waals surface area contributed by atoms with Crippen LogP contribution in [-0.2, 0) is 6.42 Å². The third-order valence-electron chi connectivity index (χ3n) is 3.40. The summed E-state index contributed by atoms with van der Waals surface area (Å²) >= 11 is 3.29. The van der Waals surface area contributed by atoms with Crippen LogP contribution in [0.15, 0.2) is 36.0 Å². The second-order valence-electron chi connectivity index (χ2n) is 5.31. The van der Waals surface area contributed by atoms with E-state index in [0.29, 0.717) is 12.6 Å². The summed E-state index contributed by atoms with van der Waals surface area (Å²) in [7, 11) is 0. The number of amides is 1. The topological polar surface area (TPSA) is 34.0 Å². The molecule has 0 fully saturated rings. The number of thiophene rings is 2. The van der Waals surface area contributed by atoms with Crippen LogP contribution >= 0.6 is 22.7 Å². The predicted octanol–water partition coefficient (Wildman–Crippen LogP) is 4.32. The number of nitrogens with one attached hydrogen (secondary N) is 1. The Morgan fingerprint density at radius 1 is 1.38 bits per heavy atom. The molecule has 3 aromatic rings. The summed E-state index contributed by atoms with van der Waals surface area (Å²) in [6.07, 6.45) is 5.12. The van der Waals surface area contributed by atoms with E-state index < -0.39 is 0 Å². The molecule has 0 atom stereocenters. The van der Waals surface area contributed by atoms with Crippen molar-refractivity contribution in [3.05, 3.63) is 45.7 Å². The Labute approximate surface area is 132 Å². The van der Waals surface area contributed by atoms with Gasteiger partial charge in [-0.15, -0.1) is 22.7 Å². The highest BCUT2D eigenvalue weighted by atomic mass is 32.1. The van der Waals surface area contributed by atoms with Crippen molar-refractivity contribution in [1.29, 1.82) is 0 Å². The van der Waals surface area contributed by atoms with Crippen LogP contribution in [0.1, 0.15) is 34.4 Å². The van der Waals surface area contributed by atoms with Crippen molar-refractivity contribution in [2.75, 3.05) is 6.54 Å². The van der Waals surface area contributed by atoms with Gasteiger partial charge in [-0.25, -0.2) is 0 Å². The van der Waals surface area contributed by atoms with E-state index in [0.717, 1.165) is 16.7 Å². The van der Waals surface area contributed by atoms with E-state index in [9.17, 15) is 4.79 Å². The molecule has 3 heterocycles. The third-order valence-corrected chi connectivity index (χ3v) is 5.42. The molecule has 0 aliphatic rings. The highest BCUT2D eigenvalue weighted by molar-refractivity contribution is 7.20. The summed E-state index contributed by atoms with van der Waals surface area (Å²) in [4.78, 5) is 14.3. The molecule has 0 bridgehead atoms. The Kier molecular flexibility index (Phi) is 4.12. The predicted molar refractivity (Wildman–Crippen MR) is 90.6 cm³/mol. The number of carbonyl (C=O) groups excluding carboxylic acids is 1. The minimum atomic E-state index is 0.0313. The lowest BCUT2D eigenvalue weighted by Gasteiger charge is -2.05. The van der Waals surface area contributed by atoms with Gasteiger partial charge in [-0.3, -0.25) is 4.79 Å². The van der Waals surface area contributed by atoms with Crippen LogP contribution in [0.2, 0.25) is 0 Å². The van der Waals surface area contributed by atoms with Crippen molar-refractivity contribution in [2.24, 2.45) is 0 Å². The molecular weight excluding hydrogens is 300 g/mol. The zero-order chi connectivity index (χ0) is 14.8. The number of fused-ring (bicyclic) bond motifs is 1. The second kappa shape index (κ2) is 6.03. The summed E-state index contributed by atoms with van der Waals surface area (Å²) in [6, 6.07) is 6.57. The summed E-state index contributed by atoms with van der Waals surface area (Å²) < 4.78 is 3.35. The molecular formula is C16H18N2OS2. The average molecular weight is 318 g/mol. The lowest BCUT2D eigenvalue weighted by molar-refractivity contribution is 0.0958. The molecule has 0 aromatic carbocycles. The van der Waals surface area contributed by atoms with E-state index >= 15 is 0 Å². The highest BCUT2D eigenvalue weighted by Crippen LogP contribution is 2.28. The summed E-state index contributed by atoms with van der Waals surface area (Å²) in [6.45, 7) is 5.00. The average Bonchev–Trinajstić information content (AvgIpc) is 3.13. The molecule has 0 spiro atoms. The molecule has 0 unspecified atom stereocenters. The molecule has 3 aromatic heterocycles. The molecule has 0 saturated carbocycles. The first kappa shape index (κ1) is 14.4. The molecule has 21 heavy (non-hydrogen) atoms. The Hall–Kier alpha value is -1.59. The Bertz CT molecular complexity index is 706. The number of hydrogen-bond acceptors (Lipinski definition) is 3. The van der Waals surface area contributed by atoms with Gasteiger partial charge < -0.3 is 9.88 Å². The van der Waals surface area contributed by atoms with Gasteiger partial charge in [-0.2, -0.15) is 0 Å². The lowest BCUT2D eigenvalue weighted by atomic mass is 10.3. The van der Waals surface area contributed by atoms with E-state index in [2.05, 4.69) is 47.6 Å². The van der Waals surface area contributed by atoms with E-state index in [1.165, 1.54) is 9.58 Å². The second-order valence-corrected chi connectivity index (χ2v) is 7.43. The zero-order valence-corrected chi connectivity index (χ0v) is 13.8. The van der Waals surface area contributed by atoms with Crippen LogP contribution in [0, 0.1) is 0 Å². The fraction of sp³-hybridized carbons (Fsp3) is 0.312. The number of carbonyl (C=O) groups is 1. The minimum Gasteiger partial charge on any atom is -0.351 e. The highest BCUT2D eigenvalue weighted by Gasteiger charge is 2.12. The van der Waals surface area contributed by atoms with Crippen LogP contribution in [0.3, 0.4) is 0 Å². The van der Waals surface area contributed by atoms with E-state index in [-0.39, 0.29) is 5.91 Å². The fourth-order valence-corrected chi connectivity index (χ4v) is 3.91. The van der Waals surface area contributed by atoms with E-state index in [1.54, 1.807) is 22.7 Å². The van der Waals surface area contributed by atoms with E-state index in [1.807, 2.05) is 12.1 Å². The molecule has 0 saturated heterocycles. The minimum absolute atomic E-state index is 0.0313. The first-order valence-corrected chi connectivity index (χ1v) is 8.74. The summed E-state index contributed by atoms with van der Waals surface area (Å²) in [5.74, 6) is 0.0313. The molecule has 0 aliphatic heterocycles. The molecule has 110 valence electrons. The van der Waals surface area contributed by atoms with Gasteiger partial charge in [-0.05, 0) is 37.8 Å². The van der Waals surface area contributed by atoms with Gasteiger partial charge in [-0.1, -0.05) is 6.07 Å². The van der Waals surface area contributed by atoms with Crippen LogP contribution in [0.5, 0.6) is 0 Å². The summed E-state index contributed by atoms with van der Waals surface area (Å²) in [5, 5.41) is 6.21. The maximum Gasteiger partial charge on any atom is 0.261 e. The van der Waals surface area contributed by atoms with Crippen LogP contribution in [-0.4, -0.2) is 17.0 Å². The number of nitrogens with zero attached hydrogens (tertiary/aromatic N) is 1. The number of hydrogen-bond donors (Lipinski definition) is 1. The molecule has 5 heteroatoms. The van der Waals surface area contributed by atoms with Crippen molar-refractivity contribution in [2.45, 2.75) is 26.3 Å². The van der Waals surface area contributed by atoms with Gasteiger partial charge in [0.05, 0.1) is 9.58 Å². The van der Waals surface area contributed by atoms with Crippen LogP contribution < -0.4 is 5.32 Å². The van der Waals surface area contributed by atoms with Gasteiger partial charge in [0, 0.05) is 35.2 Å². The Morgan fingerprint density at radius 3 is 2.90 bits per heavy atom. The van der Waals surface area contributed by atoms with E-state index in [4.69, 9.17) is 0 Å². The lowest BCUT2D eigenvalue weighted by Crippen LogP contribution is -2.24. The van der Waals surface area contributed by atoms with Crippen molar-refractivity contribution >= 4 is 38.7 Å². The monoisotopic (exact) mass is 318 g/mol. The fourth-order valence-electron chi connectivity index (χ4n) is 2.21. The first-order valence-electron chi connectivity index (χ1n) is 7.05. The standard InChI is InChI=1S/C16H18N2OS2/c1-11(2)18-9-12-8-14(21-15(12)10-18)16(19)17-6-5-13-4-3-7-20-13/h3-4,7-11H,5-6H2,1-2H3,(H,17,19). The van der Waals surface area contributed by atoms with Crippen LogP contribution in [0.25, 0.3) is 10.1 Å². The van der Waals surface area contributed by atoms with Gasteiger partial charge in [0.15, 0.2) is 0 Å². The maximum absolute atomic E-state index is 12.2. The van der Waals surface area contributed by atoms with Gasteiger partial charge >= 0.3 is 0 Å². The third kappa shape index (κ3) is 3.19. The van der Waals surface area contributed by atoms with Crippen molar-refractivity contribution < 1.29 is 4.79 Å². The van der Waals surface area contributed by atoms with Crippen molar-refractivity contribution in [3.8, 4) is 0 Å². The van der Waals surface area contributed by atoms with Crippen molar-refractivity contribution in [1.82, 2.24) is 9.88 Å². The first-order chi connectivity index (χ1) is 10.1. The molecule has 0 aliphatic carbocycles.